The van der Waals surface area contributed by atoms with Gasteiger partial charge in [0.2, 0.25) is 5.91 Å². The number of carbonyl (C=O) groups excluding carboxylic acids is 1. The van der Waals surface area contributed by atoms with Crippen LogP contribution < -0.4 is 0 Å². The van der Waals surface area contributed by atoms with Gasteiger partial charge in [0, 0.05) is 13.3 Å². The third kappa shape index (κ3) is 3.00. The fraction of sp³-hybridized carbons (Fsp3) is 0.733. The second kappa shape index (κ2) is 6.98. The Morgan fingerprint density at radius 2 is 2.36 bits per heavy atom. The highest BCUT2D eigenvalue weighted by Crippen LogP contribution is 2.32. The van der Waals surface area contributed by atoms with Crippen LogP contribution in [0, 0.1) is 0 Å². The summed E-state index contributed by atoms with van der Waals surface area (Å²) in [6.45, 7) is 1.49. The minimum Gasteiger partial charge on any atom is -0.377 e. The molecule has 6 nitrogen and oxygen atoms in total. The van der Waals surface area contributed by atoms with E-state index in [2.05, 4.69) is 9.78 Å². The van der Waals surface area contributed by atoms with E-state index in [0.29, 0.717) is 25.8 Å². The monoisotopic (exact) mass is 327 g/mol. The van der Waals surface area contributed by atoms with Crippen molar-refractivity contribution in [1.82, 2.24) is 14.7 Å². The summed E-state index contributed by atoms with van der Waals surface area (Å²) in [7, 11) is 1.65. The highest BCUT2D eigenvalue weighted by atomic mass is 35.5. The topological polar surface area (TPSA) is 56.6 Å². The molecule has 1 aliphatic carbocycles. The van der Waals surface area contributed by atoms with Gasteiger partial charge in [0.1, 0.15) is 12.0 Å². The van der Waals surface area contributed by atoms with Crippen LogP contribution in [-0.4, -0.2) is 58.9 Å². The van der Waals surface area contributed by atoms with Crippen LogP contribution in [0.3, 0.4) is 0 Å². The lowest BCUT2D eigenvalue weighted by atomic mass is 9.93. The molecule has 1 aromatic heterocycles. The average Bonchev–Trinajstić information content (AvgIpc) is 3.11. The molecule has 1 aliphatic heterocycles. The number of ether oxygens (including phenoxy) is 2. The van der Waals surface area contributed by atoms with Crippen molar-refractivity contribution < 1.29 is 14.3 Å². The van der Waals surface area contributed by atoms with Crippen LogP contribution in [0.1, 0.15) is 31.0 Å². The van der Waals surface area contributed by atoms with Gasteiger partial charge in [-0.3, -0.25) is 9.48 Å². The molecule has 1 amide bonds. The molecule has 22 heavy (non-hydrogen) atoms. The summed E-state index contributed by atoms with van der Waals surface area (Å²) in [5.41, 5.74) is 1.05. The quantitative estimate of drug-likeness (QED) is 0.745. The first-order valence-corrected chi connectivity index (χ1v) is 8.26. The van der Waals surface area contributed by atoms with Gasteiger partial charge in [0.05, 0.1) is 37.5 Å². The fourth-order valence-corrected chi connectivity index (χ4v) is 3.26. The zero-order valence-electron chi connectivity index (χ0n) is 12.8. The number of hydrogen-bond acceptors (Lipinski definition) is 4. The van der Waals surface area contributed by atoms with E-state index in [1.165, 1.54) is 6.42 Å². The van der Waals surface area contributed by atoms with Gasteiger partial charge in [0.15, 0.2) is 0 Å². The normalized spacial score (nSPS) is 25.2. The highest BCUT2D eigenvalue weighted by molar-refractivity contribution is 6.27. The Hall–Kier alpha value is -1.11. The SMILES string of the molecule is CO[C@@H]1COC[C@@H]1N(Cc1ccnn1C1CCC1)C(=O)CCl. The average molecular weight is 328 g/mol. The van der Waals surface area contributed by atoms with E-state index in [1.807, 2.05) is 6.07 Å². The lowest BCUT2D eigenvalue weighted by molar-refractivity contribution is -0.133. The first kappa shape index (κ1) is 15.8. The van der Waals surface area contributed by atoms with E-state index in [1.54, 1.807) is 18.2 Å². The van der Waals surface area contributed by atoms with E-state index in [9.17, 15) is 4.79 Å². The molecule has 1 aromatic rings. The maximum atomic E-state index is 12.3. The molecule has 3 rings (SSSR count). The molecule has 2 heterocycles. The molecule has 0 N–H and O–H groups in total. The number of rotatable bonds is 6. The van der Waals surface area contributed by atoms with Gasteiger partial charge in [-0.1, -0.05) is 0 Å². The molecular weight excluding hydrogens is 306 g/mol. The Kier molecular flexibility index (Phi) is 5.00. The molecule has 2 fully saturated rings. The molecular formula is C15H22ClN3O3. The number of methoxy groups -OCH3 is 1. The van der Waals surface area contributed by atoms with Crippen LogP contribution in [0.25, 0.3) is 0 Å². The van der Waals surface area contributed by atoms with Crippen molar-refractivity contribution in [3.63, 3.8) is 0 Å². The van der Waals surface area contributed by atoms with Crippen LogP contribution in [0.4, 0.5) is 0 Å². The van der Waals surface area contributed by atoms with Gasteiger partial charge in [-0.25, -0.2) is 0 Å². The van der Waals surface area contributed by atoms with Gasteiger partial charge in [-0.05, 0) is 25.3 Å². The Morgan fingerprint density at radius 1 is 1.55 bits per heavy atom. The second-order valence-corrected chi connectivity index (χ2v) is 6.15. The highest BCUT2D eigenvalue weighted by Gasteiger charge is 2.36. The number of amides is 1. The van der Waals surface area contributed by atoms with E-state index >= 15 is 0 Å². The van der Waals surface area contributed by atoms with Crippen LogP contribution in [0.5, 0.6) is 0 Å². The third-order valence-corrected chi connectivity index (χ3v) is 4.87. The summed E-state index contributed by atoms with van der Waals surface area (Å²) in [6.07, 6.45) is 5.26. The summed E-state index contributed by atoms with van der Waals surface area (Å²) in [6, 6.07) is 2.35. The molecule has 0 radical (unpaired) electrons. The third-order valence-electron chi connectivity index (χ3n) is 4.64. The van der Waals surface area contributed by atoms with Crippen LogP contribution in [-0.2, 0) is 20.8 Å². The van der Waals surface area contributed by atoms with Crippen molar-refractivity contribution in [3.8, 4) is 0 Å². The van der Waals surface area contributed by atoms with Crippen LogP contribution >= 0.6 is 11.6 Å². The number of hydrogen-bond donors (Lipinski definition) is 0. The Morgan fingerprint density at radius 3 is 3.00 bits per heavy atom. The number of halogens is 1. The van der Waals surface area contributed by atoms with Crippen molar-refractivity contribution in [2.45, 2.75) is 44.0 Å². The maximum Gasteiger partial charge on any atom is 0.238 e. The van der Waals surface area contributed by atoms with Gasteiger partial charge < -0.3 is 14.4 Å². The summed E-state index contributed by atoms with van der Waals surface area (Å²) in [4.78, 5) is 14.1. The molecule has 2 atom stereocenters. The number of nitrogens with zero attached hydrogens (tertiary/aromatic N) is 3. The Labute approximate surface area is 135 Å². The first-order chi connectivity index (χ1) is 10.7. The Balaban J connectivity index is 1.78. The Bertz CT molecular complexity index is 518. The van der Waals surface area contributed by atoms with E-state index in [0.717, 1.165) is 18.5 Å². The zero-order valence-corrected chi connectivity index (χ0v) is 13.5. The number of alkyl halides is 1. The largest absolute Gasteiger partial charge is 0.377 e. The van der Waals surface area contributed by atoms with Crippen molar-refractivity contribution >= 4 is 17.5 Å². The van der Waals surface area contributed by atoms with E-state index < -0.39 is 0 Å². The van der Waals surface area contributed by atoms with Gasteiger partial charge >= 0.3 is 0 Å². The summed E-state index contributed by atoms with van der Waals surface area (Å²) in [5, 5.41) is 4.43. The first-order valence-electron chi connectivity index (χ1n) is 7.73. The van der Waals surface area contributed by atoms with E-state index in [-0.39, 0.29) is 23.9 Å². The van der Waals surface area contributed by atoms with Gasteiger partial charge in [0.25, 0.3) is 0 Å². The molecule has 0 unspecified atom stereocenters. The lowest BCUT2D eigenvalue weighted by Gasteiger charge is -2.33. The van der Waals surface area contributed by atoms with Crippen molar-refractivity contribution in [1.29, 1.82) is 0 Å². The molecule has 0 bridgehead atoms. The van der Waals surface area contributed by atoms with Crippen molar-refractivity contribution in [3.05, 3.63) is 18.0 Å². The lowest BCUT2D eigenvalue weighted by Crippen LogP contribution is -2.47. The molecule has 1 saturated carbocycles. The molecule has 1 saturated heterocycles. The zero-order chi connectivity index (χ0) is 15.5. The van der Waals surface area contributed by atoms with Crippen molar-refractivity contribution in [2.75, 3.05) is 26.2 Å². The van der Waals surface area contributed by atoms with Crippen LogP contribution in [0.2, 0.25) is 0 Å². The van der Waals surface area contributed by atoms with E-state index in [4.69, 9.17) is 21.1 Å². The summed E-state index contributed by atoms with van der Waals surface area (Å²) < 4.78 is 13.0. The molecule has 2 aliphatic rings. The molecule has 0 aromatic carbocycles. The fourth-order valence-electron chi connectivity index (χ4n) is 3.11. The predicted molar refractivity (Wildman–Crippen MR) is 81.8 cm³/mol. The molecule has 0 spiro atoms. The maximum absolute atomic E-state index is 12.3. The van der Waals surface area contributed by atoms with Gasteiger partial charge in [-0.2, -0.15) is 5.10 Å². The molecule has 7 heteroatoms. The molecule has 122 valence electrons. The number of carbonyl (C=O) groups is 1. The summed E-state index contributed by atoms with van der Waals surface area (Å²) in [5.74, 6) is -0.134. The van der Waals surface area contributed by atoms with Crippen molar-refractivity contribution in [2.24, 2.45) is 0 Å². The minimum atomic E-state index is -0.104. The predicted octanol–water partition coefficient (Wildman–Crippen LogP) is 1.59. The summed E-state index contributed by atoms with van der Waals surface area (Å²) >= 11 is 5.80. The second-order valence-electron chi connectivity index (χ2n) is 5.89. The smallest absolute Gasteiger partial charge is 0.238 e. The minimum absolute atomic E-state index is 0.0372. The van der Waals surface area contributed by atoms with Crippen LogP contribution in [0.15, 0.2) is 12.3 Å². The standard InChI is InChI=1S/C15H22ClN3O3/c1-21-14-10-22-9-13(14)18(15(20)7-16)8-12-5-6-17-19(12)11-3-2-4-11/h5-6,11,13-14H,2-4,7-10H2,1H3/t13-,14+/m0/s1. The van der Waals surface area contributed by atoms with Gasteiger partial charge in [-0.15, -0.1) is 11.6 Å². The number of aromatic nitrogens is 2.